The number of rotatable bonds is 3. The first-order chi connectivity index (χ1) is 8.74. The van der Waals surface area contributed by atoms with E-state index in [-0.39, 0.29) is 23.8 Å². The van der Waals surface area contributed by atoms with Gasteiger partial charge in [-0.15, -0.1) is 0 Å². The third kappa shape index (κ3) is 2.83. The Kier molecular flexibility index (Phi) is 4.58. The van der Waals surface area contributed by atoms with Crippen LogP contribution in [0, 0.1) is 5.92 Å². The maximum Gasteiger partial charge on any atom is 0.328 e. The number of nitrogens with one attached hydrogen (secondary N) is 1. The van der Waals surface area contributed by atoms with Gasteiger partial charge in [0, 0.05) is 13.1 Å². The van der Waals surface area contributed by atoms with E-state index in [1.165, 1.54) is 0 Å². The number of ether oxygens (including phenoxy) is 1. The van der Waals surface area contributed by atoms with Gasteiger partial charge in [-0.05, 0) is 39.2 Å². The second kappa shape index (κ2) is 6.18. The summed E-state index contributed by atoms with van der Waals surface area (Å²) in [4.78, 5) is 26.0. The minimum atomic E-state index is -0.355. The predicted octanol–water partition coefficient (Wildman–Crippen LogP) is 0.540. The van der Waals surface area contributed by atoms with Crippen molar-refractivity contribution < 1.29 is 14.3 Å². The molecule has 0 bridgehead atoms. The zero-order valence-electron chi connectivity index (χ0n) is 11.0. The first kappa shape index (κ1) is 13.3. The van der Waals surface area contributed by atoms with Gasteiger partial charge in [0.1, 0.15) is 6.04 Å². The molecule has 0 aromatic heterocycles. The molecule has 0 radical (unpaired) electrons. The molecule has 2 saturated heterocycles. The van der Waals surface area contributed by atoms with Crippen LogP contribution in [0.4, 0.5) is 0 Å². The van der Waals surface area contributed by atoms with Crippen molar-refractivity contribution in [2.45, 2.75) is 38.6 Å². The average Bonchev–Trinajstić information content (AvgIpc) is 2.92. The van der Waals surface area contributed by atoms with Gasteiger partial charge in [-0.25, -0.2) is 4.79 Å². The monoisotopic (exact) mass is 254 g/mol. The van der Waals surface area contributed by atoms with Crippen LogP contribution in [-0.2, 0) is 14.3 Å². The van der Waals surface area contributed by atoms with Gasteiger partial charge in [0.05, 0.1) is 12.5 Å². The molecule has 5 nitrogen and oxygen atoms in total. The number of nitrogens with zero attached hydrogens (tertiary/aromatic N) is 1. The van der Waals surface area contributed by atoms with Crippen LogP contribution >= 0.6 is 0 Å². The van der Waals surface area contributed by atoms with Crippen LogP contribution in [0.3, 0.4) is 0 Å². The molecule has 2 fully saturated rings. The summed E-state index contributed by atoms with van der Waals surface area (Å²) in [5, 5.41) is 3.20. The molecule has 0 aliphatic carbocycles. The average molecular weight is 254 g/mol. The van der Waals surface area contributed by atoms with Crippen LogP contribution < -0.4 is 5.32 Å². The molecule has 1 N–H and O–H groups in total. The van der Waals surface area contributed by atoms with E-state index in [2.05, 4.69) is 5.32 Å². The SMILES string of the molecule is CCOC(=O)C1CCCCN1C(=O)C1CCNC1. The van der Waals surface area contributed by atoms with Crippen molar-refractivity contribution in [2.24, 2.45) is 5.92 Å². The predicted molar refractivity (Wildman–Crippen MR) is 67.0 cm³/mol. The van der Waals surface area contributed by atoms with Crippen molar-refractivity contribution in [1.29, 1.82) is 0 Å². The number of carbonyl (C=O) groups is 2. The molecule has 2 atom stereocenters. The minimum absolute atomic E-state index is 0.0417. The highest BCUT2D eigenvalue weighted by atomic mass is 16.5. The lowest BCUT2D eigenvalue weighted by molar-refractivity contribution is -0.157. The van der Waals surface area contributed by atoms with Crippen molar-refractivity contribution in [3.63, 3.8) is 0 Å². The number of piperidine rings is 1. The van der Waals surface area contributed by atoms with E-state index in [9.17, 15) is 9.59 Å². The lowest BCUT2D eigenvalue weighted by Crippen LogP contribution is -2.51. The van der Waals surface area contributed by atoms with Crippen molar-refractivity contribution in [2.75, 3.05) is 26.2 Å². The molecule has 0 aromatic rings. The van der Waals surface area contributed by atoms with E-state index in [4.69, 9.17) is 4.74 Å². The third-order valence-corrected chi connectivity index (χ3v) is 3.75. The standard InChI is InChI=1S/C13H22N2O3/c1-2-18-13(17)11-5-3-4-8-15(11)12(16)10-6-7-14-9-10/h10-11,14H,2-9H2,1H3. The summed E-state index contributed by atoms with van der Waals surface area (Å²) in [5.74, 6) is -0.0747. The zero-order valence-corrected chi connectivity index (χ0v) is 11.0. The fourth-order valence-electron chi connectivity index (χ4n) is 2.78. The Labute approximate surface area is 108 Å². The summed E-state index contributed by atoms with van der Waals surface area (Å²) in [5.41, 5.74) is 0. The van der Waals surface area contributed by atoms with Crippen molar-refractivity contribution in [1.82, 2.24) is 10.2 Å². The maximum absolute atomic E-state index is 12.4. The lowest BCUT2D eigenvalue weighted by Gasteiger charge is -2.35. The van der Waals surface area contributed by atoms with Crippen molar-refractivity contribution >= 4 is 11.9 Å². The Morgan fingerprint density at radius 1 is 1.33 bits per heavy atom. The fraction of sp³-hybridized carbons (Fsp3) is 0.846. The van der Waals surface area contributed by atoms with Crippen molar-refractivity contribution in [3.8, 4) is 0 Å². The normalized spacial score (nSPS) is 28.2. The molecule has 0 aromatic carbocycles. The molecule has 2 aliphatic heterocycles. The van der Waals surface area contributed by atoms with E-state index >= 15 is 0 Å². The highest BCUT2D eigenvalue weighted by Gasteiger charge is 2.36. The van der Waals surface area contributed by atoms with Gasteiger partial charge in [0.25, 0.3) is 0 Å². The Morgan fingerprint density at radius 3 is 2.83 bits per heavy atom. The van der Waals surface area contributed by atoms with Gasteiger partial charge in [0.2, 0.25) is 5.91 Å². The number of amides is 1. The largest absolute Gasteiger partial charge is 0.464 e. The summed E-state index contributed by atoms with van der Waals surface area (Å²) >= 11 is 0. The summed E-state index contributed by atoms with van der Waals surface area (Å²) in [7, 11) is 0. The molecule has 2 rings (SSSR count). The smallest absolute Gasteiger partial charge is 0.328 e. The van der Waals surface area contributed by atoms with E-state index in [0.29, 0.717) is 13.2 Å². The summed E-state index contributed by atoms with van der Waals surface area (Å²) < 4.78 is 5.08. The highest BCUT2D eigenvalue weighted by Crippen LogP contribution is 2.22. The summed E-state index contributed by atoms with van der Waals surface area (Å²) in [6, 6.07) is -0.355. The Bertz CT molecular complexity index is 313. The molecule has 0 spiro atoms. The topological polar surface area (TPSA) is 58.6 Å². The molecular formula is C13H22N2O3. The zero-order chi connectivity index (χ0) is 13.0. The minimum Gasteiger partial charge on any atom is -0.464 e. The molecular weight excluding hydrogens is 232 g/mol. The summed E-state index contributed by atoms with van der Waals surface area (Å²) in [6.45, 7) is 4.51. The second-order valence-corrected chi connectivity index (χ2v) is 4.98. The van der Waals surface area contributed by atoms with Crippen LogP contribution in [0.25, 0.3) is 0 Å². The first-order valence-corrected chi connectivity index (χ1v) is 6.92. The summed E-state index contributed by atoms with van der Waals surface area (Å²) in [6.07, 6.45) is 3.60. The molecule has 18 heavy (non-hydrogen) atoms. The quantitative estimate of drug-likeness (QED) is 0.747. The lowest BCUT2D eigenvalue weighted by atomic mass is 9.98. The van der Waals surface area contributed by atoms with Crippen LogP contribution in [0.1, 0.15) is 32.6 Å². The molecule has 0 saturated carbocycles. The molecule has 1 amide bonds. The number of hydrogen-bond donors (Lipinski definition) is 1. The molecule has 2 unspecified atom stereocenters. The molecule has 2 heterocycles. The van der Waals surface area contributed by atoms with Gasteiger partial charge < -0.3 is 15.0 Å². The first-order valence-electron chi connectivity index (χ1n) is 6.92. The van der Waals surface area contributed by atoms with E-state index in [1.807, 2.05) is 0 Å². The number of esters is 1. The Hall–Kier alpha value is -1.10. The van der Waals surface area contributed by atoms with Crippen LogP contribution in [0.15, 0.2) is 0 Å². The van der Waals surface area contributed by atoms with E-state index < -0.39 is 0 Å². The van der Waals surface area contributed by atoms with E-state index in [1.54, 1.807) is 11.8 Å². The fourth-order valence-corrected chi connectivity index (χ4v) is 2.78. The number of likely N-dealkylation sites (tertiary alicyclic amines) is 1. The Balaban J connectivity index is 2.02. The van der Waals surface area contributed by atoms with E-state index in [0.717, 1.165) is 38.8 Å². The van der Waals surface area contributed by atoms with Gasteiger partial charge in [-0.2, -0.15) is 0 Å². The van der Waals surface area contributed by atoms with Crippen LogP contribution in [0.5, 0.6) is 0 Å². The second-order valence-electron chi connectivity index (χ2n) is 4.98. The third-order valence-electron chi connectivity index (χ3n) is 3.75. The van der Waals surface area contributed by atoms with Crippen molar-refractivity contribution in [3.05, 3.63) is 0 Å². The van der Waals surface area contributed by atoms with Crippen LogP contribution in [-0.4, -0.2) is 49.1 Å². The molecule has 102 valence electrons. The molecule has 2 aliphatic rings. The number of carbonyl (C=O) groups excluding carboxylic acids is 2. The highest BCUT2D eigenvalue weighted by molar-refractivity contribution is 5.86. The van der Waals surface area contributed by atoms with Crippen LogP contribution in [0.2, 0.25) is 0 Å². The molecule has 5 heteroatoms. The number of hydrogen-bond acceptors (Lipinski definition) is 4. The Morgan fingerprint density at radius 2 is 2.17 bits per heavy atom. The van der Waals surface area contributed by atoms with Gasteiger partial charge in [-0.3, -0.25) is 4.79 Å². The van der Waals surface area contributed by atoms with Gasteiger partial charge in [0.15, 0.2) is 0 Å². The van der Waals surface area contributed by atoms with Gasteiger partial charge in [-0.1, -0.05) is 0 Å². The van der Waals surface area contributed by atoms with Gasteiger partial charge >= 0.3 is 5.97 Å². The maximum atomic E-state index is 12.4.